The zero-order valence-electron chi connectivity index (χ0n) is 18.2. The van der Waals surface area contributed by atoms with Crippen molar-refractivity contribution < 1.29 is 14.3 Å². The molecular weight excluding hydrogens is 507 g/mol. The molecule has 1 aromatic carbocycles. The van der Waals surface area contributed by atoms with Gasteiger partial charge in [0.1, 0.15) is 5.75 Å². The fourth-order valence-corrected chi connectivity index (χ4v) is 4.88. The molecule has 31 heavy (non-hydrogen) atoms. The number of hydrogen-bond acceptors (Lipinski definition) is 4. The van der Waals surface area contributed by atoms with E-state index in [0.29, 0.717) is 25.6 Å². The molecule has 2 bridgehead atoms. The van der Waals surface area contributed by atoms with Crippen molar-refractivity contribution in [3.8, 4) is 5.75 Å². The van der Waals surface area contributed by atoms with Crippen molar-refractivity contribution in [3.05, 3.63) is 42.0 Å². The molecule has 2 N–H and O–H groups in total. The van der Waals surface area contributed by atoms with Crippen LogP contribution >= 0.6 is 24.0 Å². The summed E-state index contributed by atoms with van der Waals surface area (Å²) < 4.78 is 5.73. The lowest BCUT2D eigenvalue weighted by atomic mass is 9.85. The number of amides is 2. The third kappa shape index (κ3) is 4.88. The van der Waals surface area contributed by atoms with E-state index in [4.69, 9.17) is 4.74 Å². The highest BCUT2D eigenvalue weighted by molar-refractivity contribution is 14.0. The lowest BCUT2D eigenvalue weighted by molar-refractivity contribution is -0.140. The summed E-state index contributed by atoms with van der Waals surface area (Å²) in [6.45, 7) is 5.43. The van der Waals surface area contributed by atoms with Crippen LogP contribution in [0.15, 0.2) is 41.4 Å². The number of carbonyl (C=O) groups excluding carboxylic acids is 2. The minimum Gasteiger partial charge on any atom is -0.491 e. The van der Waals surface area contributed by atoms with E-state index in [9.17, 15) is 9.59 Å². The van der Waals surface area contributed by atoms with Crippen LogP contribution in [0.5, 0.6) is 5.75 Å². The summed E-state index contributed by atoms with van der Waals surface area (Å²) in [5, 5.41) is 6.47. The van der Waals surface area contributed by atoms with Gasteiger partial charge in [0.05, 0.1) is 17.9 Å². The maximum Gasteiger partial charge on any atom is 0.233 e. The van der Waals surface area contributed by atoms with Crippen LogP contribution < -0.4 is 15.4 Å². The number of carbonyl (C=O) groups is 2. The summed E-state index contributed by atoms with van der Waals surface area (Å²) in [5.74, 6) is 1.69. The number of ether oxygens (including phenoxy) is 1. The Morgan fingerprint density at radius 3 is 2.45 bits per heavy atom. The van der Waals surface area contributed by atoms with Crippen molar-refractivity contribution in [2.45, 2.75) is 32.9 Å². The van der Waals surface area contributed by atoms with Crippen molar-refractivity contribution in [2.75, 3.05) is 20.1 Å². The smallest absolute Gasteiger partial charge is 0.233 e. The zero-order valence-corrected chi connectivity index (χ0v) is 20.5. The second-order valence-corrected chi connectivity index (χ2v) is 8.49. The predicted molar refractivity (Wildman–Crippen MR) is 130 cm³/mol. The highest BCUT2D eigenvalue weighted by Crippen LogP contribution is 2.52. The van der Waals surface area contributed by atoms with Crippen molar-refractivity contribution in [1.82, 2.24) is 15.5 Å². The topological polar surface area (TPSA) is 83.0 Å². The molecule has 4 unspecified atom stereocenters. The number of benzene rings is 1. The van der Waals surface area contributed by atoms with Gasteiger partial charge in [-0.25, -0.2) is 0 Å². The molecule has 8 heteroatoms. The van der Waals surface area contributed by atoms with E-state index >= 15 is 0 Å². The molecule has 2 amide bonds. The predicted octanol–water partition coefficient (Wildman–Crippen LogP) is 2.56. The molecule has 168 valence electrons. The molecule has 4 rings (SSSR count). The van der Waals surface area contributed by atoms with Gasteiger partial charge in [-0.05, 0) is 49.8 Å². The van der Waals surface area contributed by atoms with Crippen molar-refractivity contribution in [3.63, 3.8) is 0 Å². The van der Waals surface area contributed by atoms with Crippen LogP contribution in [0.1, 0.15) is 25.8 Å². The lowest BCUT2D eigenvalue weighted by Crippen LogP contribution is -2.43. The minimum atomic E-state index is -0.134. The van der Waals surface area contributed by atoms with Gasteiger partial charge in [-0.1, -0.05) is 24.3 Å². The Morgan fingerprint density at radius 2 is 1.84 bits per heavy atom. The number of nitrogens with zero attached hydrogens (tertiary/aromatic N) is 2. The molecule has 1 saturated carbocycles. The molecule has 1 heterocycles. The first kappa shape index (κ1) is 23.6. The van der Waals surface area contributed by atoms with Crippen molar-refractivity contribution >= 4 is 41.8 Å². The number of guanidine groups is 1. The highest BCUT2D eigenvalue weighted by Gasteiger charge is 2.58. The van der Waals surface area contributed by atoms with Crippen molar-refractivity contribution in [1.29, 1.82) is 0 Å². The molecule has 0 radical (unpaired) electrons. The van der Waals surface area contributed by atoms with Crippen LogP contribution in [0.3, 0.4) is 0 Å². The number of nitrogens with one attached hydrogen (secondary N) is 2. The van der Waals surface area contributed by atoms with Crippen LogP contribution in [-0.4, -0.2) is 48.9 Å². The third-order valence-corrected chi connectivity index (χ3v) is 6.14. The zero-order chi connectivity index (χ0) is 21.3. The molecule has 2 fully saturated rings. The fourth-order valence-electron chi connectivity index (χ4n) is 4.88. The van der Waals surface area contributed by atoms with E-state index in [2.05, 4.69) is 27.8 Å². The average molecular weight is 538 g/mol. The molecule has 4 atom stereocenters. The SMILES string of the molecule is CN=C(NCCN1C(=O)C2C3C=CC(C3)C2C1=O)NCc1cccc(OC(C)C)c1.I. The van der Waals surface area contributed by atoms with Gasteiger partial charge in [-0.3, -0.25) is 19.5 Å². The first-order valence-electron chi connectivity index (χ1n) is 10.7. The number of allylic oxidation sites excluding steroid dienone is 2. The van der Waals surface area contributed by atoms with Gasteiger partial charge in [0.25, 0.3) is 0 Å². The van der Waals surface area contributed by atoms with E-state index in [0.717, 1.165) is 17.7 Å². The Morgan fingerprint density at radius 1 is 1.16 bits per heavy atom. The summed E-state index contributed by atoms with van der Waals surface area (Å²) in [5.41, 5.74) is 1.08. The molecule has 1 aromatic rings. The second-order valence-electron chi connectivity index (χ2n) is 8.49. The van der Waals surface area contributed by atoms with Crippen LogP contribution in [0, 0.1) is 23.7 Å². The van der Waals surface area contributed by atoms with Gasteiger partial charge in [-0.2, -0.15) is 0 Å². The first-order chi connectivity index (χ1) is 14.5. The number of halogens is 1. The maximum atomic E-state index is 12.7. The van der Waals surface area contributed by atoms with Crippen molar-refractivity contribution in [2.24, 2.45) is 28.7 Å². The Bertz CT molecular complexity index is 855. The normalized spacial score (nSPS) is 26.3. The van der Waals surface area contributed by atoms with Gasteiger partial charge in [0.2, 0.25) is 11.8 Å². The molecule has 3 aliphatic rings. The van der Waals surface area contributed by atoms with Gasteiger partial charge < -0.3 is 15.4 Å². The quantitative estimate of drug-likeness (QED) is 0.183. The monoisotopic (exact) mass is 538 g/mol. The summed E-state index contributed by atoms with van der Waals surface area (Å²) in [4.78, 5) is 31.1. The fraction of sp³-hybridized carbons (Fsp3) is 0.522. The van der Waals surface area contributed by atoms with E-state index in [-0.39, 0.29) is 65.6 Å². The molecule has 1 aliphatic heterocycles. The molecule has 7 nitrogen and oxygen atoms in total. The lowest BCUT2D eigenvalue weighted by Gasteiger charge is -2.19. The van der Waals surface area contributed by atoms with E-state index in [1.165, 1.54) is 4.90 Å². The summed E-state index contributed by atoms with van der Waals surface area (Å²) >= 11 is 0. The second kappa shape index (κ2) is 10.0. The Hall–Kier alpha value is -2.10. The summed E-state index contributed by atoms with van der Waals surface area (Å²) in [6, 6.07) is 7.94. The molecule has 0 aromatic heterocycles. The van der Waals surface area contributed by atoms with Gasteiger partial charge in [0, 0.05) is 26.7 Å². The highest BCUT2D eigenvalue weighted by atomic mass is 127. The first-order valence-corrected chi connectivity index (χ1v) is 10.7. The number of hydrogen-bond donors (Lipinski definition) is 2. The van der Waals surface area contributed by atoms with Gasteiger partial charge in [-0.15, -0.1) is 24.0 Å². The van der Waals surface area contributed by atoms with Crippen LogP contribution in [0.4, 0.5) is 0 Å². The third-order valence-electron chi connectivity index (χ3n) is 6.14. The largest absolute Gasteiger partial charge is 0.491 e. The number of fused-ring (bicyclic) bond motifs is 5. The van der Waals surface area contributed by atoms with Gasteiger partial charge in [0.15, 0.2) is 5.96 Å². The molecule has 0 spiro atoms. The van der Waals surface area contributed by atoms with Gasteiger partial charge >= 0.3 is 0 Å². The van der Waals surface area contributed by atoms with E-state index in [1.54, 1.807) is 7.05 Å². The number of aliphatic imine (C=N–C) groups is 1. The van der Waals surface area contributed by atoms with Crippen LogP contribution in [0.2, 0.25) is 0 Å². The number of likely N-dealkylation sites (tertiary alicyclic amines) is 1. The van der Waals surface area contributed by atoms with E-state index in [1.807, 2.05) is 38.1 Å². The minimum absolute atomic E-state index is 0. The molecule has 2 aliphatic carbocycles. The Kier molecular flexibility index (Phi) is 7.61. The molecular formula is C23H31IN4O3. The maximum absolute atomic E-state index is 12.7. The Labute approximate surface area is 200 Å². The average Bonchev–Trinajstić information content (AvgIpc) is 3.39. The number of imide groups is 1. The summed E-state index contributed by atoms with van der Waals surface area (Å²) in [7, 11) is 1.70. The van der Waals surface area contributed by atoms with Crippen LogP contribution in [-0.2, 0) is 16.1 Å². The Balaban J connectivity index is 0.00000272. The standard InChI is InChI=1S/C23H30N4O3.HI/c1-14(2)30-18-6-4-5-15(11-18)13-26-23(24-3)25-9-10-27-21(28)19-16-7-8-17(12-16)20(19)22(27)29;/h4-8,11,14,16-17,19-20H,9-10,12-13H2,1-3H3,(H2,24,25,26);1H. The van der Waals surface area contributed by atoms with E-state index < -0.39 is 0 Å². The van der Waals surface area contributed by atoms with Crippen LogP contribution in [0.25, 0.3) is 0 Å². The molecule has 1 saturated heterocycles. The summed E-state index contributed by atoms with van der Waals surface area (Å²) in [6.07, 6.45) is 5.32. The number of rotatable bonds is 7.